The van der Waals surface area contributed by atoms with E-state index >= 15 is 0 Å². The van der Waals surface area contributed by atoms with Crippen LogP contribution in [0.15, 0.2) is 36.8 Å². The van der Waals surface area contributed by atoms with Crippen LogP contribution >= 0.6 is 0 Å². The maximum absolute atomic E-state index is 12.8. The van der Waals surface area contributed by atoms with Crippen molar-refractivity contribution in [2.45, 2.75) is 45.2 Å². The summed E-state index contributed by atoms with van der Waals surface area (Å²) in [5.74, 6) is 0.390. The molecule has 0 spiro atoms. The van der Waals surface area contributed by atoms with Crippen LogP contribution in [0.2, 0.25) is 0 Å². The minimum Gasteiger partial charge on any atom is -0.348 e. The minimum atomic E-state index is -0.0885. The lowest BCUT2D eigenvalue weighted by molar-refractivity contribution is 0.0952. The Morgan fingerprint density at radius 3 is 2.76 bits per heavy atom. The van der Waals surface area contributed by atoms with E-state index in [2.05, 4.69) is 29.2 Å². The first-order valence-electron chi connectivity index (χ1n) is 8.68. The predicted octanol–water partition coefficient (Wildman–Crippen LogP) is 3.21. The van der Waals surface area contributed by atoms with Crippen LogP contribution in [0.5, 0.6) is 0 Å². The van der Waals surface area contributed by atoms with Crippen LogP contribution in [0, 0.1) is 0 Å². The van der Waals surface area contributed by atoms with Gasteiger partial charge in [0.05, 0.1) is 17.1 Å². The standard InChI is InChI=1S/C19H21N5O/c1-12(2)24-18-16(11-22-24)15(9-17(23-18)14-3-4-14)19(25)21-10-13-5-7-20-8-6-13/h5-9,11-12,14H,3-4,10H2,1-2H3,(H,21,25). The Morgan fingerprint density at radius 1 is 1.32 bits per heavy atom. The second-order valence-electron chi connectivity index (χ2n) is 6.83. The van der Waals surface area contributed by atoms with E-state index in [1.54, 1.807) is 18.6 Å². The summed E-state index contributed by atoms with van der Waals surface area (Å²) in [4.78, 5) is 21.6. The zero-order valence-electron chi connectivity index (χ0n) is 14.4. The molecule has 1 N–H and O–H groups in total. The van der Waals surface area contributed by atoms with Crippen LogP contribution in [-0.2, 0) is 6.54 Å². The van der Waals surface area contributed by atoms with Crippen molar-refractivity contribution in [1.29, 1.82) is 0 Å². The van der Waals surface area contributed by atoms with Gasteiger partial charge in [0.2, 0.25) is 0 Å². The summed E-state index contributed by atoms with van der Waals surface area (Å²) in [5, 5.41) is 8.25. The Kier molecular flexibility index (Phi) is 3.95. The summed E-state index contributed by atoms with van der Waals surface area (Å²) in [5.41, 5.74) is 3.49. The van der Waals surface area contributed by atoms with Gasteiger partial charge in [0.15, 0.2) is 5.65 Å². The van der Waals surface area contributed by atoms with E-state index in [1.165, 1.54) is 0 Å². The summed E-state index contributed by atoms with van der Waals surface area (Å²) in [6, 6.07) is 5.94. The van der Waals surface area contributed by atoms with Crippen LogP contribution in [0.4, 0.5) is 0 Å². The van der Waals surface area contributed by atoms with Gasteiger partial charge in [0.1, 0.15) is 0 Å². The molecule has 6 nitrogen and oxygen atoms in total. The van der Waals surface area contributed by atoms with Gasteiger partial charge in [-0.3, -0.25) is 9.78 Å². The lowest BCUT2D eigenvalue weighted by Crippen LogP contribution is -2.23. The smallest absolute Gasteiger partial charge is 0.252 e. The summed E-state index contributed by atoms with van der Waals surface area (Å²) in [6.45, 7) is 4.62. The number of amides is 1. The molecular weight excluding hydrogens is 314 g/mol. The number of pyridine rings is 2. The van der Waals surface area contributed by atoms with E-state index in [-0.39, 0.29) is 11.9 Å². The Bertz CT molecular complexity index is 912. The number of fused-ring (bicyclic) bond motifs is 1. The first-order valence-corrected chi connectivity index (χ1v) is 8.68. The zero-order chi connectivity index (χ0) is 17.4. The Labute approximate surface area is 146 Å². The van der Waals surface area contributed by atoms with Crippen molar-refractivity contribution in [3.8, 4) is 0 Å². The van der Waals surface area contributed by atoms with Crippen LogP contribution in [-0.4, -0.2) is 25.7 Å². The summed E-state index contributed by atoms with van der Waals surface area (Å²) < 4.78 is 1.89. The Balaban J connectivity index is 1.68. The molecule has 4 rings (SSSR count). The summed E-state index contributed by atoms with van der Waals surface area (Å²) >= 11 is 0. The van der Waals surface area contributed by atoms with Gasteiger partial charge in [0.25, 0.3) is 5.91 Å². The van der Waals surface area contributed by atoms with Crippen molar-refractivity contribution >= 4 is 16.9 Å². The van der Waals surface area contributed by atoms with Crippen LogP contribution in [0.1, 0.15) is 60.3 Å². The SMILES string of the molecule is CC(C)n1ncc2c(C(=O)NCc3ccncc3)cc(C3CC3)nc21. The monoisotopic (exact) mass is 335 g/mol. The number of carbonyl (C=O) groups excluding carboxylic acids is 1. The largest absolute Gasteiger partial charge is 0.348 e. The highest BCUT2D eigenvalue weighted by atomic mass is 16.1. The van der Waals surface area contributed by atoms with Crippen molar-refractivity contribution < 1.29 is 4.79 Å². The molecule has 128 valence electrons. The van der Waals surface area contributed by atoms with Crippen LogP contribution < -0.4 is 5.32 Å². The average Bonchev–Trinajstić information content (AvgIpc) is 3.38. The third kappa shape index (κ3) is 3.12. The maximum atomic E-state index is 12.8. The van der Waals surface area contributed by atoms with Crippen LogP contribution in [0.3, 0.4) is 0 Å². The molecule has 0 bridgehead atoms. The van der Waals surface area contributed by atoms with E-state index in [1.807, 2.05) is 22.9 Å². The molecule has 0 aromatic carbocycles. The van der Waals surface area contributed by atoms with Crippen molar-refractivity contribution in [3.05, 3.63) is 53.6 Å². The molecule has 1 fully saturated rings. The van der Waals surface area contributed by atoms with Gasteiger partial charge in [-0.05, 0) is 50.5 Å². The van der Waals surface area contributed by atoms with Crippen molar-refractivity contribution in [3.63, 3.8) is 0 Å². The first kappa shape index (κ1) is 15.7. The van der Waals surface area contributed by atoms with Gasteiger partial charge in [-0.25, -0.2) is 9.67 Å². The average molecular weight is 335 g/mol. The molecule has 0 saturated heterocycles. The molecule has 0 unspecified atom stereocenters. The Morgan fingerprint density at radius 2 is 2.08 bits per heavy atom. The van der Waals surface area contributed by atoms with Gasteiger partial charge >= 0.3 is 0 Å². The van der Waals surface area contributed by atoms with Gasteiger partial charge in [-0.1, -0.05) is 0 Å². The van der Waals surface area contributed by atoms with Gasteiger partial charge in [0, 0.05) is 36.6 Å². The number of nitrogens with zero attached hydrogens (tertiary/aromatic N) is 4. The summed E-state index contributed by atoms with van der Waals surface area (Å²) in [7, 11) is 0. The second kappa shape index (κ2) is 6.27. The van der Waals surface area contributed by atoms with E-state index < -0.39 is 0 Å². The molecule has 1 amide bonds. The normalized spacial score (nSPS) is 14.2. The molecule has 1 aliphatic carbocycles. The lowest BCUT2D eigenvalue weighted by atomic mass is 10.1. The molecule has 0 aliphatic heterocycles. The fourth-order valence-electron chi connectivity index (χ4n) is 2.97. The van der Waals surface area contributed by atoms with E-state index in [0.717, 1.165) is 35.1 Å². The number of aromatic nitrogens is 4. The molecule has 0 radical (unpaired) electrons. The number of hydrogen-bond donors (Lipinski definition) is 1. The van der Waals surface area contributed by atoms with E-state index in [4.69, 9.17) is 4.98 Å². The highest BCUT2D eigenvalue weighted by Gasteiger charge is 2.28. The second-order valence-corrected chi connectivity index (χ2v) is 6.83. The van der Waals surface area contributed by atoms with Gasteiger partial charge < -0.3 is 5.32 Å². The predicted molar refractivity (Wildman–Crippen MR) is 95.3 cm³/mol. The molecule has 3 heterocycles. The highest BCUT2D eigenvalue weighted by molar-refractivity contribution is 6.05. The fraction of sp³-hybridized carbons (Fsp3) is 0.368. The molecule has 0 atom stereocenters. The topological polar surface area (TPSA) is 72.7 Å². The van der Waals surface area contributed by atoms with Gasteiger partial charge in [-0.2, -0.15) is 5.10 Å². The molecule has 3 aromatic rings. The van der Waals surface area contributed by atoms with Crippen molar-refractivity contribution in [1.82, 2.24) is 25.1 Å². The molecule has 3 aromatic heterocycles. The fourth-order valence-corrected chi connectivity index (χ4v) is 2.97. The molecule has 25 heavy (non-hydrogen) atoms. The third-order valence-electron chi connectivity index (χ3n) is 4.52. The number of rotatable bonds is 5. The van der Waals surface area contributed by atoms with E-state index in [9.17, 15) is 4.79 Å². The third-order valence-corrected chi connectivity index (χ3v) is 4.52. The quantitative estimate of drug-likeness (QED) is 0.777. The minimum absolute atomic E-state index is 0.0885. The van der Waals surface area contributed by atoms with Crippen molar-refractivity contribution in [2.75, 3.05) is 0 Å². The van der Waals surface area contributed by atoms with Gasteiger partial charge in [-0.15, -0.1) is 0 Å². The number of carbonyl (C=O) groups is 1. The highest BCUT2D eigenvalue weighted by Crippen LogP contribution is 2.40. The lowest BCUT2D eigenvalue weighted by Gasteiger charge is -2.10. The molecular formula is C19H21N5O. The summed E-state index contributed by atoms with van der Waals surface area (Å²) in [6.07, 6.45) is 7.49. The molecule has 6 heteroatoms. The first-order chi connectivity index (χ1) is 12.1. The number of nitrogens with one attached hydrogen (secondary N) is 1. The van der Waals surface area contributed by atoms with E-state index in [0.29, 0.717) is 18.0 Å². The molecule has 1 aliphatic rings. The molecule has 1 saturated carbocycles. The number of hydrogen-bond acceptors (Lipinski definition) is 4. The Hall–Kier alpha value is -2.76. The van der Waals surface area contributed by atoms with Crippen molar-refractivity contribution in [2.24, 2.45) is 0 Å². The van der Waals surface area contributed by atoms with Crippen LogP contribution in [0.25, 0.3) is 11.0 Å². The maximum Gasteiger partial charge on any atom is 0.252 e. The zero-order valence-corrected chi connectivity index (χ0v) is 14.4.